The van der Waals surface area contributed by atoms with Crippen LogP contribution in [0.3, 0.4) is 0 Å². The van der Waals surface area contributed by atoms with E-state index in [9.17, 15) is 9.59 Å². The number of hydrazine groups is 1. The Labute approximate surface area is 139 Å². The van der Waals surface area contributed by atoms with E-state index >= 15 is 0 Å². The van der Waals surface area contributed by atoms with E-state index in [2.05, 4.69) is 10.4 Å². The maximum absolute atomic E-state index is 12.5. The zero-order valence-electron chi connectivity index (χ0n) is 13.5. The average molecular weight is 326 g/mol. The minimum atomic E-state index is -0.308. The molecule has 0 saturated heterocycles. The molecule has 0 atom stereocenters. The van der Waals surface area contributed by atoms with Crippen molar-refractivity contribution in [3.63, 3.8) is 0 Å². The number of nitrogens with one attached hydrogen (secondary N) is 1. The van der Waals surface area contributed by atoms with Crippen LogP contribution in [0.4, 0.5) is 5.69 Å². The second-order valence-electron chi connectivity index (χ2n) is 5.51. The van der Waals surface area contributed by atoms with Crippen molar-refractivity contribution in [2.75, 3.05) is 18.6 Å². The lowest BCUT2D eigenvalue weighted by Crippen LogP contribution is -2.55. The summed E-state index contributed by atoms with van der Waals surface area (Å²) in [5.74, 6) is 1.08. The molecule has 0 fully saturated rings. The maximum Gasteiger partial charge on any atom is 0.290 e. The number of para-hydroxylation sites is 1. The molecule has 1 aromatic heterocycles. The second-order valence-corrected chi connectivity index (χ2v) is 5.51. The van der Waals surface area contributed by atoms with Crippen molar-refractivity contribution in [1.82, 2.24) is 10.3 Å². The summed E-state index contributed by atoms with van der Waals surface area (Å²) >= 11 is 0. The molecular formula is C17H18N4O3. The lowest BCUT2D eigenvalue weighted by Gasteiger charge is -2.29. The molecule has 0 bridgehead atoms. The van der Waals surface area contributed by atoms with Gasteiger partial charge in [0.25, 0.3) is 11.8 Å². The highest BCUT2D eigenvalue weighted by atomic mass is 16.3. The van der Waals surface area contributed by atoms with Gasteiger partial charge in [-0.15, -0.1) is 0 Å². The number of aliphatic imine (C=N–C) groups is 1. The molecule has 7 heteroatoms. The highest BCUT2D eigenvalue weighted by Crippen LogP contribution is 2.14. The van der Waals surface area contributed by atoms with Crippen LogP contribution in [0.5, 0.6) is 0 Å². The molecule has 0 unspecified atom stereocenters. The van der Waals surface area contributed by atoms with Crippen molar-refractivity contribution in [3.05, 3.63) is 54.0 Å². The van der Waals surface area contributed by atoms with Gasteiger partial charge in [0.05, 0.1) is 12.2 Å². The van der Waals surface area contributed by atoms with Crippen molar-refractivity contribution in [1.29, 1.82) is 0 Å². The quantitative estimate of drug-likeness (QED) is 0.923. The van der Waals surface area contributed by atoms with Gasteiger partial charge in [-0.2, -0.15) is 0 Å². The Morgan fingerprint density at radius 2 is 2.04 bits per heavy atom. The molecule has 2 amide bonds. The number of amidine groups is 1. The molecule has 1 aromatic carbocycles. The van der Waals surface area contributed by atoms with Gasteiger partial charge in [0.15, 0.2) is 0 Å². The molecule has 1 aliphatic heterocycles. The number of furan rings is 1. The summed E-state index contributed by atoms with van der Waals surface area (Å²) in [4.78, 5) is 30.1. The van der Waals surface area contributed by atoms with Gasteiger partial charge in [-0.3, -0.25) is 20.0 Å². The molecule has 0 aliphatic carbocycles. The van der Waals surface area contributed by atoms with Crippen LogP contribution in [-0.4, -0.2) is 36.1 Å². The summed E-state index contributed by atoms with van der Waals surface area (Å²) in [6.45, 7) is 2.10. The van der Waals surface area contributed by atoms with E-state index in [4.69, 9.17) is 4.42 Å². The minimum absolute atomic E-state index is 0.0728. The molecule has 1 N–H and O–H groups in total. The molecule has 24 heavy (non-hydrogen) atoms. The maximum atomic E-state index is 12.5. The molecule has 0 spiro atoms. The van der Waals surface area contributed by atoms with Crippen LogP contribution < -0.4 is 10.4 Å². The van der Waals surface area contributed by atoms with Crippen LogP contribution in [-0.2, 0) is 16.1 Å². The van der Waals surface area contributed by atoms with E-state index in [1.807, 2.05) is 37.3 Å². The highest BCUT2D eigenvalue weighted by Gasteiger charge is 2.27. The first-order valence-electron chi connectivity index (χ1n) is 7.54. The number of amides is 2. The Bertz CT molecular complexity index is 782. The third-order valence-corrected chi connectivity index (χ3v) is 3.59. The van der Waals surface area contributed by atoms with Crippen molar-refractivity contribution >= 4 is 23.3 Å². The summed E-state index contributed by atoms with van der Waals surface area (Å²) in [6, 6.07) is 12.7. The van der Waals surface area contributed by atoms with E-state index in [0.29, 0.717) is 18.0 Å². The minimum Gasteiger partial charge on any atom is -0.464 e. The number of hydrogen-bond donors (Lipinski definition) is 1. The number of carbonyl (C=O) groups excluding carboxylic acids is 2. The number of carbonyl (C=O) groups is 2. The van der Waals surface area contributed by atoms with Crippen molar-refractivity contribution in [2.24, 2.45) is 4.99 Å². The van der Waals surface area contributed by atoms with E-state index < -0.39 is 0 Å². The molecule has 0 saturated carbocycles. The third kappa shape index (κ3) is 3.29. The molecule has 2 aromatic rings. The first kappa shape index (κ1) is 15.8. The summed E-state index contributed by atoms with van der Waals surface area (Å²) in [7, 11) is 1.66. The van der Waals surface area contributed by atoms with Gasteiger partial charge in [-0.05, 0) is 31.2 Å². The smallest absolute Gasteiger partial charge is 0.290 e. The standard InChI is InChI=1S/C17H18N4O3/c1-12-8-9-14(24-12)11-20(2)17(23)16-18-10-15(22)21(19-16)13-6-4-3-5-7-13/h3-9H,10-11H2,1-2H3,(H,18,19). The number of benzene rings is 1. The number of rotatable bonds is 4. The fourth-order valence-electron chi connectivity index (χ4n) is 2.38. The van der Waals surface area contributed by atoms with Crippen molar-refractivity contribution in [2.45, 2.75) is 13.5 Å². The number of likely N-dealkylation sites (N-methyl/N-ethyl adjacent to an activating group) is 1. The van der Waals surface area contributed by atoms with Gasteiger partial charge in [0, 0.05) is 7.05 Å². The summed E-state index contributed by atoms with van der Waals surface area (Å²) < 4.78 is 5.48. The molecule has 0 radical (unpaired) electrons. The zero-order valence-corrected chi connectivity index (χ0v) is 13.5. The predicted octanol–water partition coefficient (Wildman–Crippen LogP) is 1.50. The molecule has 124 valence electrons. The number of hydrogen-bond acceptors (Lipinski definition) is 5. The normalized spacial score (nSPS) is 14.2. The van der Waals surface area contributed by atoms with Crippen LogP contribution in [0.25, 0.3) is 0 Å². The van der Waals surface area contributed by atoms with Gasteiger partial charge in [-0.1, -0.05) is 18.2 Å². The fraction of sp³-hybridized carbons (Fsp3) is 0.235. The zero-order chi connectivity index (χ0) is 17.1. The number of aryl methyl sites for hydroxylation is 1. The van der Waals surface area contributed by atoms with Crippen molar-refractivity contribution < 1.29 is 14.0 Å². The number of nitrogens with zero attached hydrogens (tertiary/aromatic N) is 3. The predicted molar refractivity (Wildman–Crippen MR) is 89.3 cm³/mol. The molecule has 1 aliphatic rings. The third-order valence-electron chi connectivity index (χ3n) is 3.59. The first-order valence-corrected chi connectivity index (χ1v) is 7.54. The Morgan fingerprint density at radius 1 is 1.29 bits per heavy atom. The summed E-state index contributed by atoms with van der Waals surface area (Å²) in [5, 5.41) is 1.34. The summed E-state index contributed by atoms with van der Waals surface area (Å²) in [5.41, 5.74) is 3.46. The molecule has 2 heterocycles. The van der Waals surface area contributed by atoms with Crippen LogP contribution in [0.1, 0.15) is 11.5 Å². The monoisotopic (exact) mass is 326 g/mol. The fourth-order valence-corrected chi connectivity index (χ4v) is 2.38. The van der Waals surface area contributed by atoms with Crippen LogP contribution in [0.2, 0.25) is 0 Å². The van der Waals surface area contributed by atoms with Gasteiger partial charge in [-0.25, -0.2) is 5.01 Å². The first-order chi connectivity index (χ1) is 11.5. The Morgan fingerprint density at radius 3 is 2.71 bits per heavy atom. The Hall–Kier alpha value is -3.09. The van der Waals surface area contributed by atoms with Gasteiger partial charge < -0.3 is 9.32 Å². The lowest BCUT2D eigenvalue weighted by molar-refractivity contribution is -0.124. The van der Waals surface area contributed by atoms with E-state index in [1.165, 1.54) is 9.91 Å². The van der Waals surface area contributed by atoms with Gasteiger partial charge in [0.1, 0.15) is 18.1 Å². The Kier molecular flexibility index (Phi) is 4.33. The van der Waals surface area contributed by atoms with Gasteiger partial charge in [0.2, 0.25) is 5.84 Å². The lowest BCUT2D eigenvalue weighted by atomic mass is 10.3. The molecule has 3 rings (SSSR count). The second kappa shape index (κ2) is 6.57. The van der Waals surface area contributed by atoms with Crippen LogP contribution in [0.15, 0.2) is 51.9 Å². The molecular weight excluding hydrogens is 308 g/mol. The molecule has 7 nitrogen and oxygen atoms in total. The van der Waals surface area contributed by atoms with E-state index in [1.54, 1.807) is 19.2 Å². The SMILES string of the molecule is Cc1ccc(CN(C)C(=O)C2=NCC(=O)N(c3ccccc3)N2)o1. The van der Waals surface area contributed by atoms with E-state index in [-0.39, 0.29) is 24.2 Å². The average Bonchev–Trinajstić information content (AvgIpc) is 3.00. The van der Waals surface area contributed by atoms with Crippen LogP contribution >= 0.6 is 0 Å². The largest absolute Gasteiger partial charge is 0.464 e. The highest BCUT2D eigenvalue weighted by molar-refractivity contribution is 6.39. The van der Waals surface area contributed by atoms with Crippen molar-refractivity contribution in [3.8, 4) is 0 Å². The topological polar surface area (TPSA) is 78.2 Å². The van der Waals surface area contributed by atoms with Crippen LogP contribution in [0, 0.1) is 6.92 Å². The van der Waals surface area contributed by atoms with E-state index in [0.717, 1.165) is 5.76 Å². The van der Waals surface area contributed by atoms with Gasteiger partial charge >= 0.3 is 0 Å². The summed E-state index contributed by atoms with van der Waals surface area (Å²) in [6.07, 6.45) is 0. The number of anilines is 1. The Balaban J connectivity index is 1.71.